The van der Waals surface area contributed by atoms with Crippen LogP contribution >= 0.6 is 0 Å². The number of esters is 4. The predicted molar refractivity (Wildman–Crippen MR) is 202 cm³/mol. The molecule has 14 heteroatoms. The zero-order valence-corrected chi connectivity index (χ0v) is 32.6. The average Bonchev–Trinajstić information content (AvgIpc) is 3.81. The number of unbranched alkanes of at least 4 members (excludes halogenated alkanes) is 2. The molecule has 4 fully saturated rings. The molecule has 4 aliphatic rings. The Morgan fingerprint density at radius 1 is 0.625 bits per heavy atom. The first-order chi connectivity index (χ1) is 27.3. The number of nitrogens with zero attached hydrogens (tertiary/aromatic N) is 2. The number of morpholine rings is 2. The Kier molecular flexibility index (Phi) is 15.7. The van der Waals surface area contributed by atoms with Crippen LogP contribution in [0.25, 0.3) is 0 Å². The molecule has 0 unspecified atom stereocenters. The summed E-state index contributed by atoms with van der Waals surface area (Å²) in [5.74, 6) is -1.88. The molecule has 56 heavy (non-hydrogen) atoms. The molecule has 0 amide bonds. The monoisotopic (exact) mass is 780 g/mol. The summed E-state index contributed by atoms with van der Waals surface area (Å²) in [6.07, 6.45) is 0.455. The normalized spacial score (nSPS) is 23.8. The van der Waals surface area contributed by atoms with Gasteiger partial charge in [-0.3, -0.25) is 19.4 Å². The number of fused-ring (bicyclic) bond motifs is 1. The quantitative estimate of drug-likeness (QED) is 0.155. The molecule has 0 spiro atoms. The summed E-state index contributed by atoms with van der Waals surface area (Å²) >= 11 is 0. The van der Waals surface area contributed by atoms with Crippen molar-refractivity contribution in [3.05, 3.63) is 70.8 Å². The van der Waals surface area contributed by atoms with Crippen LogP contribution in [0, 0.1) is 0 Å². The second-order valence-corrected chi connectivity index (χ2v) is 14.7. The molecule has 0 aromatic heterocycles. The van der Waals surface area contributed by atoms with Crippen LogP contribution < -0.4 is 0 Å². The van der Waals surface area contributed by atoms with Crippen LogP contribution in [0.5, 0.6) is 0 Å². The van der Waals surface area contributed by atoms with Gasteiger partial charge in [0.25, 0.3) is 0 Å². The summed E-state index contributed by atoms with van der Waals surface area (Å²) < 4.78 is 46.9. The number of hydrogen-bond acceptors (Lipinski definition) is 14. The van der Waals surface area contributed by atoms with Crippen LogP contribution in [0.4, 0.5) is 0 Å². The van der Waals surface area contributed by atoms with Crippen molar-refractivity contribution in [2.45, 2.75) is 89.0 Å². The molecule has 6 atom stereocenters. The minimum Gasteiger partial charge on any atom is -0.457 e. The molecular weight excluding hydrogens is 724 g/mol. The number of benzene rings is 2. The van der Waals surface area contributed by atoms with E-state index in [-0.39, 0.29) is 38.2 Å². The minimum absolute atomic E-state index is 0.0554. The third-order valence-corrected chi connectivity index (χ3v) is 10.6. The molecule has 0 aliphatic carbocycles. The zero-order valence-electron chi connectivity index (χ0n) is 32.6. The first-order valence-corrected chi connectivity index (χ1v) is 20.2. The Morgan fingerprint density at radius 2 is 1.02 bits per heavy atom. The molecule has 6 rings (SSSR count). The number of carbonyl (C=O) groups is 4. The van der Waals surface area contributed by atoms with Crippen molar-refractivity contribution in [1.82, 2.24) is 9.80 Å². The first kappa shape index (κ1) is 41.7. The van der Waals surface area contributed by atoms with E-state index < -0.39 is 48.6 Å². The maximum Gasteiger partial charge on any atom is 0.339 e. The Labute approximate surface area is 328 Å². The molecule has 2 aromatic carbocycles. The van der Waals surface area contributed by atoms with E-state index in [1.807, 2.05) is 21.9 Å². The second kappa shape index (κ2) is 21.0. The van der Waals surface area contributed by atoms with Gasteiger partial charge >= 0.3 is 23.9 Å². The highest BCUT2D eigenvalue weighted by Crippen LogP contribution is 2.34. The lowest BCUT2D eigenvalue weighted by atomic mass is 9.98. The summed E-state index contributed by atoms with van der Waals surface area (Å²) in [4.78, 5) is 57.6. The molecule has 306 valence electrons. The van der Waals surface area contributed by atoms with Crippen LogP contribution in [-0.2, 0) is 47.5 Å². The van der Waals surface area contributed by atoms with Gasteiger partial charge in [-0.2, -0.15) is 0 Å². The fourth-order valence-electron chi connectivity index (χ4n) is 7.57. The molecular formula is C42H56N2O12. The minimum atomic E-state index is -0.751. The molecule has 4 aliphatic heterocycles. The van der Waals surface area contributed by atoms with E-state index in [0.717, 1.165) is 25.7 Å². The van der Waals surface area contributed by atoms with E-state index in [9.17, 15) is 19.2 Å². The van der Waals surface area contributed by atoms with Gasteiger partial charge in [0.2, 0.25) is 0 Å². The van der Waals surface area contributed by atoms with Gasteiger partial charge in [0.05, 0.1) is 63.9 Å². The van der Waals surface area contributed by atoms with Crippen molar-refractivity contribution in [2.75, 3.05) is 78.9 Å². The van der Waals surface area contributed by atoms with E-state index in [0.29, 0.717) is 87.7 Å². The summed E-state index contributed by atoms with van der Waals surface area (Å²) in [5.41, 5.74) is 1.77. The lowest BCUT2D eigenvalue weighted by molar-refractivity contribution is -0.153. The number of carbonyl (C=O) groups excluding carboxylic acids is 4. The summed E-state index contributed by atoms with van der Waals surface area (Å²) in [6.45, 7) is 9.45. The van der Waals surface area contributed by atoms with Crippen LogP contribution in [0.15, 0.2) is 48.5 Å². The fourth-order valence-corrected chi connectivity index (χ4v) is 7.57. The molecule has 0 radical (unpaired) electrons. The highest BCUT2D eigenvalue weighted by atomic mass is 16.7. The average molecular weight is 781 g/mol. The third-order valence-electron chi connectivity index (χ3n) is 10.6. The maximum atomic E-state index is 13.8. The van der Waals surface area contributed by atoms with Gasteiger partial charge in [-0.15, -0.1) is 0 Å². The van der Waals surface area contributed by atoms with Gasteiger partial charge < -0.3 is 37.9 Å². The van der Waals surface area contributed by atoms with E-state index in [2.05, 4.69) is 13.8 Å². The van der Waals surface area contributed by atoms with E-state index in [1.165, 1.54) is 0 Å². The molecule has 4 saturated heterocycles. The summed E-state index contributed by atoms with van der Waals surface area (Å²) in [7, 11) is 0. The topological polar surface area (TPSA) is 149 Å². The van der Waals surface area contributed by atoms with E-state index in [4.69, 9.17) is 37.9 Å². The molecule has 0 saturated carbocycles. The van der Waals surface area contributed by atoms with Crippen LogP contribution in [0.3, 0.4) is 0 Å². The molecule has 14 nitrogen and oxygen atoms in total. The standard InChI is InChI=1S/C42H56N2O12/c1-3-5-15-33(53-37(45)25-43-17-21-49-22-18-43)29-11-7-9-13-31(29)41(47)55-35-27-51-40-36(28-52-39(35)40)56-42(48)32-14-10-8-12-30(32)34(16-6-4-2)54-38(46)26-44-19-23-50-24-20-44/h7-14,33-36,39-40H,3-6,15-28H2,1-2H3/t33-,34-,35-,36+,39-,40-/m1/s1. The number of ether oxygens (including phenoxy) is 8. The SMILES string of the molecule is CCCC[C@@H](OC(=O)CN1CCOCC1)c1ccccc1C(=O)O[C@H]1CO[C@H]2[C@@H]1OC[C@H]2OC(=O)c1ccccc1[C@@H](CCCC)OC(=O)CN1CCOCC1. The Bertz CT molecular complexity index is 1490. The largest absolute Gasteiger partial charge is 0.457 e. The van der Waals surface area contributed by atoms with Crippen molar-refractivity contribution < 1.29 is 57.1 Å². The van der Waals surface area contributed by atoms with Crippen molar-refractivity contribution in [3.8, 4) is 0 Å². The van der Waals surface area contributed by atoms with Gasteiger partial charge in [-0.05, 0) is 37.8 Å². The van der Waals surface area contributed by atoms with Crippen LogP contribution in [-0.4, -0.2) is 137 Å². The first-order valence-electron chi connectivity index (χ1n) is 20.2. The van der Waals surface area contributed by atoms with E-state index >= 15 is 0 Å². The molecule has 2 aromatic rings. The van der Waals surface area contributed by atoms with Crippen molar-refractivity contribution in [3.63, 3.8) is 0 Å². The fraction of sp³-hybridized carbons (Fsp3) is 0.619. The zero-order chi connectivity index (χ0) is 39.3. The smallest absolute Gasteiger partial charge is 0.339 e. The summed E-state index contributed by atoms with van der Waals surface area (Å²) in [5, 5.41) is 0. The van der Waals surface area contributed by atoms with Crippen LogP contribution in [0.1, 0.15) is 96.4 Å². The summed E-state index contributed by atoms with van der Waals surface area (Å²) in [6, 6.07) is 14.1. The predicted octanol–water partition coefficient (Wildman–Crippen LogP) is 4.45. The van der Waals surface area contributed by atoms with Crippen molar-refractivity contribution in [2.24, 2.45) is 0 Å². The van der Waals surface area contributed by atoms with Crippen LogP contribution in [0.2, 0.25) is 0 Å². The highest BCUT2D eigenvalue weighted by molar-refractivity contribution is 5.92. The Morgan fingerprint density at radius 3 is 1.41 bits per heavy atom. The van der Waals surface area contributed by atoms with Gasteiger partial charge in [0, 0.05) is 37.3 Å². The van der Waals surface area contributed by atoms with E-state index in [1.54, 1.807) is 36.4 Å². The van der Waals surface area contributed by atoms with Gasteiger partial charge in [0.15, 0.2) is 12.2 Å². The lowest BCUT2D eigenvalue weighted by Gasteiger charge is -2.27. The molecule has 0 bridgehead atoms. The maximum absolute atomic E-state index is 13.8. The van der Waals surface area contributed by atoms with Crippen molar-refractivity contribution >= 4 is 23.9 Å². The Hall–Kier alpha value is -3.92. The third kappa shape index (κ3) is 11.1. The van der Waals surface area contributed by atoms with Gasteiger partial charge in [-0.25, -0.2) is 9.59 Å². The number of hydrogen-bond donors (Lipinski definition) is 0. The van der Waals surface area contributed by atoms with Gasteiger partial charge in [0.1, 0.15) is 24.4 Å². The second-order valence-electron chi connectivity index (χ2n) is 14.7. The Balaban J connectivity index is 1.08. The van der Waals surface area contributed by atoms with Gasteiger partial charge in [-0.1, -0.05) is 63.1 Å². The molecule has 4 heterocycles. The molecule has 0 N–H and O–H groups in total. The lowest BCUT2D eigenvalue weighted by Crippen LogP contribution is -2.40. The van der Waals surface area contributed by atoms with Crippen molar-refractivity contribution in [1.29, 1.82) is 0 Å². The highest BCUT2D eigenvalue weighted by Gasteiger charge is 2.51. The number of rotatable bonds is 18.